The third kappa shape index (κ3) is 6.11. The number of carbonyl (C=O) groups is 1. The van der Waals surface area contributed by atoms with Crippen molar-refractivity contribution < 1.29 is 22.7 Å². The average Bonchev–Trinajstić information content (AvgIpc) is 3.52. The zero-order chi connectivity index (χ0) is 26.0. The second-order valence-corrected chi connectivity index (χ2v) is 13.5. The minimum Gasteiger partial charge on any atom is -0.469 e. The van der Waals surface area contributed by atoms with Crippen molar-refractivity contribution in [3.8, 4) is 5.19 Å². The molecular weight excluding hydrogens is 534 g/mol. The van der Waals surface area contributed by atoms with Crippen molar-refractivity contribution in [3.63, 3.8) is 0 Å². The number of hydrogen-bond acceptors (Lipinski definition) is 12. The fourth-order valence-corrected chi connectivity index (χ4v) is 7.58. The molecule has 0 aliphatic carbocycles. The fourth-order valence-electron chi connectivity index (χ4n) is 4.47. The first kappa shape index (κ1) is 26.0. The Labute approximate surface area is 223 Å². The van der Waals surface area contributed by atoms with E-state index < -0.39 is 21.2 Å². The first-order valence-corrected chi connectivity index (χ1v) is 15.5. The van der Waals surface area contributed by atoms with Crippen LogP contribution in [-0.4, -0.2) is 73.5 Å². The molecule has 10 nitrogen and oxygen atoms in total. The molecular formula is C24H29N5O5S3. The van der Waals surface area contributed by atoms with E-state index in [9.17, 15) is 13.2 Å². The third-order valence-electron chi connectivity index (χ3n) is 6.53. The van der Waals surface area contributed by atoms with Gasteiger partial charge in [-0.15, -0.1) is 10.2 Å². The molecule has 13 heteroatoms. The number of piperidine rings is 1. The van der Waals surface area contributed by atoms with Crippen LogP contribution in [0, 0.1) is 6.92 Å². The van der Waals surface area contributed by atoms with Gasteiger partial charge in [0.15, 0.2) is 9.84 Å². The fraction of sp³-hybridized carbons (Fsp3) is 0.500. The van der Waals surface area contributed by atoms with Gasteiger partial charge in [0.2, 0.25) is 5.13 Å². The number of esters is 1. The number of aryl methyl sites for hydroxylation is 1. The lowest BCUT2D eigenvalue weighted by molar-refractivity contribution is -0.140. The number of anilines is 1. The summed E-state index contributed by atoms with van der Waals surface area (Å²) in [6.07, 6.45) is 4.20. The Kier molecular flexibility index (Phi) is 7.75. The Hall–Kier alpha value is -2.61. The van der Waals surface area contributed by atoms with Crippen molar-refractivity contribution in [2.24, 2.45) is 0 Å². The normalized spacial score (nSPS) is 19.1. The molecule has 0 spiro atoms. The molecule has 0 bridgehead atoms. The average molecular weight is 564 g/mol. The first-order valence-electron chi connectivity index (χ1n) is 12.2. The molecule has 0 radical (unpaired) electrons. The van der Waals surface area contributed by atoms with Gasteiger partial charge < -0.3 is 14.4 Å². The van der Waals surface area contributed by atoms with Gasteiger partial charge in [-0.2, -0.15) is 0 Å². The Morgan fingerprint density at radius 2 is 2.03 bits per heavy atom. The molecule has 1 aromatic carbocycles. The number of hydrogen-bond donors (Lipinski definition) is 1. The van der Waals surface area contributed by atoms with E-state index in [4.69, 9.17) is 4.74 Å². The van der Waals surface area contributed by atoms with Gasteiger partial charge in [0.1, 0.15) is 16.5 Å². The number of aromatic nitrogens is 3. The molecule has 2 aliphatic heterocycles. The molecule has 2 aromatic heterocycles. The molecule has 198 valence electrons. The number of benzene rings is 1. The van der Waals surface area contributed by atoms with Crippen LogP contribution in [0.4, 0.5) is 5.13 Å². The smallest absolute Gasteiger partial charge is 0.306 e. The van der Waals surface area contributed by atoms with Crippen molar-refractivity contribution >= 4 is 59.4 Å². The van der Waals surface area contributed by atoms with E-state index in [2.05, 4.69) is 36.2 Å². The van der Waals surface area contributed by atoms with Crippen LogP contribution in [0.1, 0.15) is 36.3 Å². The third-order valence-corrected chi connectivity index (χ3v) is 10.2. The van der Waals surface area contributed by atoms with Crippen LogP contribution in [0.2, 0.25) is 0 Å². The van der Waals surface area contributed by atoms with Crippen LogP contribution in [0.3, 0.4) is 0 Å². The van der Waals surface area contributed by atoms with Crippen molar-refractivity contribution in [3.05, 3.63) is 34.8 Å². The molecule has 37 heavy (non-hydrogen) atoms. The van der Waals surface area contributed by atoms with Crippen molar-refractivity contribution in [1.29, 1.82) is 0 Å². The maximum Gasteiger partial charge on any atom is 0.306 e. The summed E-state index contributed by atoms with van der Waals surface area (Å²) < 4.78 is 37.3. The number of methoxy groups -OCH3 is 1. The Morgan fingerprint density at radius 3 is 2.76 bits per heavy atom. The molecule has 1 saturated heterocycles. The first-order chi connectivity index (χ1) is 17.8. The van der Waals surface area contributed by atoms with E-state index >= 15 is 0 Å². The molecule has 1 fully saturated rings. The summed E-state index contributed by atoms with van der Waals surface area (Å²) in [4.78, 5) is 18.3. The zero-order valence-electron chi connectivity index (χ0n) is 20.7. The predicted octanol–water partition coefficient (Wildman–Crippen LogP) is 3.18. The van der Waals surface area contributed by atoms with Crippen LogP contribution in [0.15, 0.2) is 24.3 Å². The van der Waals surface area contributed by atoms with Crippen LogP contribution in [0.5, 0.6) is 5.19 Å². The molecule has 0 saturated carbocycles. The Bertz CT molecular complexity index is 1410. The number of thiazole rings is 1. The van der Waals surface area contributed by atoms with Crippen LogP contribution >= 0.6 is 22.7 Å². The predicted molar refractivity (Wildman–Crippen MR) is 145 cm³/mol. The second-order valence-electron chi connectivity index (χ2n) is 9.08. The summed E-state index contributed by atoms with van der Waals surface area (Å²) in [5.74, 6) is -0.788. The second kappa shape index (κ2) is 11.0. The summed E-state index contributed by atoms with van der Waals surface area (Å²) in [6.45, 7) is 4.25. The topological polar surface area (TPSA) is 124 Å². The lowest BCUT2D eigenvalue weighted by Gasteiger charge is -2.30. The highest BCUT2D eigenvalue weighted by molar-refractivity contribution is 7.92. The minimum absolute atomic E-state index is 0.105. The summed E-state index contributed by atoms with van der Waals surface area (Å²) >= 11 is 3.12. The number of sulfone groups is 1. The number of nitrogens with one attached hydrogen (secondary N) is 1. The van der Waals surface area contributed by atoms with E-state index in [1.807, 2.05) is 19.1 Å². The number of ether oxygens (including phenoxy) is 2. The number of fused-ring (bicyclic) bond motifs is 1. The van der Waals surface area contributed by atoms with Gasteiger partial charge in [-0.3, -0.25) is 10.1 Å². The molecule has 1 N–H and O–H groups in total. The van der Waals surface area contributed by atoms with E-state index in [1.54, 1.807) is 17.4 Å². The van der Waals surface area contributed by atoms with Gasteiger partial charge in [-0.05, 0) is 42.7 Å². The molecule has 2 aliphatic rings. The lowest BCUT2D eigenvalue weighted by atomic mass is 10.0. The van der Waals surface area contributed by atoms with Gasteiger partial charge in [-0.25, -0.2) is 13.4 Å². The summed E-state index contributed by atoms with van der Waals surface area (Å²) in [5.41, 5.74) is 2.79. The van der Waals surface area contributed by atoms with Gasteiger partial charge in [0.25, 0.3) is 5.19 Å². The summed E-state index contributed by atoms with van der Waals surface area (Å²) in [5, 5.41) is 13.2. The monoisotopic (exact) mass is 563 g/mol. The highest BCUT2D eigenvalue weighted by atomic mass is 32.2. The zero-order valence-corrected chi connectivity index (χ0v) is 23.1. The quantitative estimate of drug-likeness (QED) is 0.409. The van der Waals surface area contributed by atoms with Gasteiger partial charge in [-0.1, -0.05) is 28.7 Å². The van der Waals surface area contributed by atoms with Crippen molar-refractivity contribution in [1.82, 2.24) is 20.5 Å². The summed E-state index contributed by atoms with van der Waals surface area (Å²) in [6, 6.07) is 5.98. The number of nitrogens with zero attached hydrogens (tertiary/aromatic N) is 4. The minimum atomic E-state index is -3.53. The lowest BCUT2D eigenvalue weighted by Crippen LogP contribution is -2.40. The molecule has 5 rings (SSSR count). The van der Waals surface area contributed by atoms with Crippen molar-refractivity contribution in [2.45, 2.75) is 44.1 Å². The Morgan fingerprint density at radius 1 is 1.22 bits per heavy atom. The standard InChI is InChI=1S/C24H29N5O5S3/c1-15-27-28-23(35-15)29-10-6-18(7-11-29)34-24-26-19-4-3-16(13-20(19)36-24)17-5-9-25-21(14-17)37(31,32)12-8-22(30)33-2/h3-4,13-14,18,21,25H,5-12H2,1-2H3. The maximum atomic E-state index is 12.7. The van der Waals surface area contributed by atoms with E-state index in [1.165, 1.54) is 18.4 Å². The molecule has 4 heterocycles. The summed E-state index contributed by atoms with van der Waals surface area (Å²) in [7, 11) is -2.28. The van der Waals surface area contributed by atoms with E-state index in [0.717, 1.165) is 57.4 Å². The largest absolute Gasteiger partial charge is 0.469 e. The van der Waals surface area contributed by atoms with E-state index in [0.29, 0.717) is 18.2 Å². The highest BCUT2D eigenvalue weighted by Crippen LogP contribution is 2.34. The van der Waals surface area contributed by atoms with Crippen LogP contribution in [0.25, 0.3) is 15.8 Å². The van der Waals surface area contributed by atoms with Gasteiger partial charge in [0.05, 0.1) is 29.5 Å². The highest BCUT2D eigenvalue weighted by Gasteiger charge is 2.28. The molecule has 0 amide bonds. The SMILES string of the molecule is COC(=O)CCS(=O)(=O)C1C=C(c2ccc3nc(OC4CCN(c5nnc(C)s5)CC4)sc3c2)CCN1. The van der Waals surface area contributed by atoms with E-state index in [-0.39, 0.29) is 18.3 Å². The van der Waals surface area contributed by atoms with Gasteiger partial charge in [0, 0.05) is 32.5 Å². The van der Waals surface area contributed by atoms with Crippen LogP contribution in [-0.2, 0) is 19.4 Å². The van der Waals surface area contributed by atoms with Gasteiger partial charge >= 0.3 is 5.97 Å². The number of rotatable bonds is 8. The molecule has 3 aromatic rings. The molecule has 1 atom stereocenters. The van der Waals surface area contributed by atoms with Crippen molar-refractivity contribution in [2.75, 3.05) is 37.4 Å². The molecule has 1 unspecified atom stereocenters. The van der Waals surface area contributed by atoms with Crippen LogP contribution < -0.4 is 15.0 Å². The number of carbonyl (C=O) groups excluding carboxylic acids is 1. The Balaban J connectivity index is 1.24. The maximum absolute atomic E-state index is 12.7.